The van der Waals surface area contributed by atoms with Gasteiger partial charge in [-0.25, -0.2) is 0 Å². The van der Waals surface area contributed by atoms with Crippen molar-refractivity contribution in [1.29, 1.82) is 0 Å². The number of hydrogen-bond donors (Lipinski definition) is 0. The lowest BCUT2D eigenvalue weighted by Gasteiger charge is -2.29. The molecule has 3 fully saturated rings. The summed E-state index contributed by atoms with van der Waals surface area (Å²) in [5.74, 6) is 1.90. The Balaban J connectivity index is 1.54. The van der Waals surface area contributed by atoms with Gasteiger partial charge in [0.25, 0.3) is 0 Å². The second kappa shape index (κ2) is 4.48. The van der Waals surface area contributed by atoms with E-state index in [1.54, 1.807) is 0 Å². The molecule has 0 spiro atoms. The smallest absolute Gasteiger partial charge is 0.137 e. The SMILES string of the molecule is O=C1CCCCC1CN(CC1CC1)C1CC1. The maximum atomic E-state index is 11.8. The fourth-order valence-corrected chi connectivity index (χ4v) is 2.98. The molecule has 1 unspecified atom stereocenters. The zero-order chi connectivity index (χ0) is 11.0. The van der Waals surface area contributed by atoms with Crippen LogP contribution in [0.5, 0.6) is 0 Å². The summed E-state index contributed by atoms with van der Waals surface area (Å²) in [6.07, 6.45) is 10.1. The van der Waals surface area contributed by atoms with Crippen LogP contribution in [-0.2, 0) is 4.79 Å². The summed E-state index contributed by atoms with van der Waals surface area (Å²) < 4.78 is 0. The van der Waals surface area contributed by atoms with E-state index in [0.717, 1.165) is 37.8 Å². The highest BCUT2D eigenvalue weighted by atomic mass is 16.1. The van der Waals surface area contributed by atoms with E-state index >= 15 is 0 Å². The van der Waals surface area contributed by atoms with E-state index in [9.17, 15) is 4.79 Å². The molecule has 0 saturated heterocycles. The number of carbonyl (C=O) groups excluding carboxylic acids is 1. The van der Waals surface area contributed by atoms with Crippen molar-refractivity contribution in [2.45, 2.75) is 57.4 Å². The Bertz CT molecular complexity index is 268. The van der Waals surface area contributed by atoms with E-state index in [1.807, 2.05) is 0 Å². The second-order valence-electron chi connectivity index (χ2n) is 6.04. The van der Waals surface area contributed by atoms with E-state index < -0.39 is 0 Å². The average molecular weight is 221 g/mol. The highest BCUT2D eigenvalue weighted by molar-refractivity contribution is 5.81. The third-order valence-electron chi connectivity index (χ3n) is 4.39. The second-order valence-corrected chi connectivity index (χ2v) is 6.04. The molecular weight excluding hydrogens is 198 g/mol. The molecule has 0 N–H and O–H groups in total. The van der Waals surface area contributed by atoms with E-state index in [1.165, 1.54) is 38.6 Å². The molecule has 0 aromatic rings. The normalized spacial score (nSPS) is 31.1. The minimum Gasteiger partial charge on any atom is -0.299 e. The van der Waals surface area contributed by atoms with Crippen molar-refractivity contribution in [1.82, 2.24) is 4.90 Å². The molecule has 3 saturated carbocycles. The molecule has 90 valence electrons. The third kappa shape index (κ3) is 2.65. The van der Waals surface area contributed by atoms with Crippen LogP contribution in [0.25, 0.3) is 0 Å². The molecular formula is C14H23NO. The van der Waals surface area contributed by atoms with E-state index in [-0.39, 0.29) is 0 Å². The molecule has 2 nitrogen and oxygen atoms in total. The van der Waals surface area contributed by atoms with Gasteiger partial charge in [0, 0.05) is 31.5 Å². The maximum absolute atomic E-state index is 11.8. The number of carbonyl (C=O) groups is 1. The van der Waals surface area contributed by atoms with Gasteiger partial charge in [0.1, 0.15) is 5.78 Å². The van der Waals surface area contributed by atoms with Crippen LogP contribution >= 0.6 is 0 Å². The largest absolute Gasteiger partial charge is 0.299 e. The van der Waals surface area contributed by atoms with E-state index in [0.29, 0.717) is 11.7 Å². The molecule has 0 bridgehead atoms. The van der Waals surface area contributed by atoms with Gasteiger partial charge in [0.2, 0.25) is 0 Å². The van der Waals surface area contributed by atoms with Gasteiger partial charge in [-0.15, -0.1) is 0 Å². The Hall–Kier alpha value is -0.370. The summed E-state index contributed by atoms with van der Waals surface area (Å²) >= 11 is 0. The van der Waals surface area contributed by atoms with Crippen molar-refractivity contribution in [2.75, 3.05) is 13.1 Å². The van der Waals surface area contributed by atoms with Crippen LogP contribution in [0.4, 0.5) is 0 Å². The van der Waals surface area contributed by atoms with E-state index in [4.69, 9.17) is 0 Å². The van der Waals surface area contributed by atoms with E-state index in [2.05, 4.69) is 4.90 Å². The van der Waals surface area contributed by atoms with Gasteiger partial charge >= 0.3 is 0 Å². The van der Waals surface area contributed by atoms with Crippen LogP contribution < -0.4 is 0 Å². The monoisotopic (exact) mass is 221 g/mol. The Morgan fingerprint density at radius 3 is 2.44 bits per heavy atom. The van der Waals surface area contributed by atoms with Gasteiger partial charge in [0.15, 0.2) is 0 Å². The fraction of sp³-hybridized carbons (Fsp3) is 0.929. The summed E-state index contributed by atoms with van der Waals surface area (Å²) in [7, 11) is 0. The van der Waals surface area contributed by atoms with Gasteiger partial charge in [-0.1, -0.05) is 6.42 Å². The van der Waals surface area contributed by atoms with Gasteiger partial charge < -0.3 is 0 Å². The summed E-state index contributed by atoms with van der Waals surface area (Å²) in [5, 5.41) is 0. The van der Waals surface area contributed by atoms with Gasteiger partial charge in [0.05, 0.1) is 0 Å². The lowest BCUT2D eigenvalue weighted by Crippen LogP contribution is -2.37. The van der Waals surface area contributed by atoms with Crippen LogP contribution in [0.2, 0.25) is 0 Å². The zero-order valence-electron chi connectivity index (χ0n) is 10.2. The molecule has 1 atom stereocenters. The highest BCUT2D eigenvalue weighted by Crippen LogP contribution is 2.36. The predicted molar refractivity (Wildman–Crippen MR) is 64.3 cm³/mol. The zero-order valence-corrected chi connectivity index (χ0v) is 10.2. The number of nitrogens with zero attached hydrogens (tertiary/aromatic N) is 1. The van der Waals surface area contributed by atoms with Crippen LogP contribution in [0.3, 0.4) is 0 Å². The number of ketones is 1. The van der Waals surface area contributed by atoms with Crippen LogP contribution in [0, 0.1) is 11.8 Å². The first kappa shape index (κ1) is 10.8. The minimum absolute atomic E-state index is 0.382. The lowest BCUT2D eigenvalue weighted by molar-refractivity contribution is -0.125. The first-order valence-corrected chi connectivity index (χ1v) is 7.09. The van der Waals surface area contributed by atoms with Gasteiger partial charge in [-0.2, -0.15) is 0 Å². The lowest BCUT2D eigenvalue weighted by atomic mass is 9.87. The molecule has 0 amide bonds. The summed E-state index contributed by atoms with van der Waals surface area (Å²) in [6, 6.07) is 0.843. The Morgan fingerprint density at radius 1 is 1.00 bits per heavy atom. The molecule has 0 aliphatic heterocycles. The molecule has 0 aromatic heterocycles. The molecule has 0 radical (unpaired) electrons. The molecule has 0 aromatic carbocycles. The van der Waals surface area contributed by atoms with Gasteiger partial charge in [-0.3, -0.25) is 9.69 Å². The first-order chi connectivity index (χ1) is 7.83. The Morgan fingerprint density at radius 2 is 1.81 bits per heavy atom. The molecule has 2 heteroatoms. The minimum atomic E-state index is 0.382. The first-order valence-electron chi connectivity index (χ1n) is 7.09. The predicted octanol–water partition coefficient (Wildman–Crippen LogP) is 2.62. The summed E-state index contributed by atoms with van der Waals surface area (Å²) in [6.45, 7) is 2.37. The van der Waals surface area contributed by atoms with Crippen molar-refractivity contribution < 1.29 is 4.79 Å². The van der Waals surface area contributed by atoms with Crippen molar-refractivity contribution in [2.24, 2.45) is 11.8 Å². The highest BCUT2D eigenvalue weighted by Gasteiger charge is 2.36. The fourth-order valence-electron chi connectivity index (χ4n) is 2.98. The molecule has 3 aliphatic rings. The number of Topliss-reactive ketones (excluding diaryl/α,β-unsaturated/α-hetero) is 1. The Kier molecular flexibility index (Phi) is 3.01. The quantitative estimate of drug-likeness (QED) is 0.711. The van der Waals surface area contributed by atoms with Crippen LogP contribution in [-0.4, -0.2) is 29.8 Å². The number of hydrogen-bond acceptors (Lipinski definition) is 2. The standard InChI is InChI=1S/C14H23NO/c16-14-4-2-1-3-12(14)10-15(13-7-8-13)9-11-5-6-11/h11-13H,1-10H2. The molecule has 3 aliphatic carbocycles. The molecule has 0 heterocycles. The topological polar surface area (TPSA) is 20.3 Å². The van der Waals surface area contributed by atoms with Crippen LogP contribution in [0.15, 0.2) is 0 Å². The van der Waals surface area contributed by atoms with Gasteiger partial charge in [-0.05, 0) is 44.4 Å². The Labute approximate surface area is 98.4 Å². The average Bonchev–Trinajstić information content (AvgIpc) is 3.15. The van der Waals surface area contributed by atoms with Crippen LogP contribution in [0.1, 0.15) is 51.4 Å². The van der Waals surface area contributed by atoms with Crippen molar-refractivity contribution in [3.63, 3.8) is 0 Å². The number of rotatable bonds is 5. The summed E-state index contributed by atoms with van der Waals surface area (Å²) in [4.78, 5) is 14.5. The van der Waals surface area contributed by atoms with Crippen molar-refractivity contribution >= 4 is 5.78 Å². The third-order valence-corrected chi connectivity index (χ3v) is 4.39. The van der Waals surface area contributed by atoms with Crippen molar-refractivity contribution in [3.05, 3.63) is 0 Å². The molecule has 16 heavy (non-hydrogen) atoms. The maximum Gasteiger partial charge on any atom is 0.137 e. The summed E-state index contributed by atoms with van der Waals surface area (Å²) in [5.41, 5.74) is 0. The molecule has 3 rings (SSSR count). The van der Waals surface area contributed by atoms with Crippen molar-refractivity contribution in [3.8, 4) is 0 Å².